The van der Waals surface area contributed by atoms with Gasteiger partial charge in [0.25, 0.3) is 0 Å². The Hall–Kier alpha value is -2.59. The maximum Gasteiger partial charge on any atom is 0.303 e. The summed E-state index contributed by atoms with van der Waals surface area (Å²) in [5, 5.41) is 11.0. The first-order chi connectivity index (χ1) is 13.5. The molecule has 0 bridgehead atoms. The highest BCUT2D eigenvalue weighted by Crippen LogP contribution is 2.32. The van der Waals surface area contributed by atoms with Crippen molar-refractivity contribution in [3.63, 3.8) is 0 Å². The van der Waals surface area contributed by atoms with Crippen molar-refractivity contribution >= 4 is 17.3 Å². The van der Waals surface area contributed by atoms with E-state index in [-0.39, 0.29) is 6.42 Å². The molecule has 0 saturated carbocycles. The van der Waals surface area contributed by atoms with Gasteiger partial charge in [-0.3, -0.25) is 4.79 Å². The largest absolute Gasteiger partial charge is 0.489 e. The van der Waals surface area contributed by atoms with E-state index in [2.05, 4.69) is 42.6 Å². The van der Waals surface area contributed by atoms with Gasteiger partial charge >= 0.3 is 5.97 Å². The molecule has 0 aliphatic carbocycles. The van der Waals surface area contributed by atoms with Crippen LogP contribution in [0.4, 0.5) is 0 Å². The third-order valence-corrected chi connectivity index (χ3v) is 6.22. The van der Waals surface area contributed by atoms with Gasteiger partial charge in [0.1, 0.15) is 12.4 Å². The molecule has 0 atom stereocenters. The summed E-state index contributed by atoms with van der Waals surface area (Å²) in [7, 11) is 0. The number of carboxylic acid groups (broad SMARTS) is 1. The molecule has 0 spiro atoms. The summed E-state index contributed by atoms with van der Waals surface area (Å²) in [4.78, 5) is 12.1. The molecule has 146 valence electrons. The molecule has 3 nitrogen and oxygen atoms in total. The van der Waals surface area contributed by atoms with E-state index < -0.39 is 5.97 Å². The smallest absolute Gasteiger partial charge is 0.303 e. The summed E-state index contributed by atoms with van der Waals surface area (Å²) in [6.45, 7) is 6.75. The van der Waals surface area contributed by atoms with Crippen molar-refractivity contribution in [3.05, 3.63) is 75.7 Å². The van der Waals surface area contributed by atoms with Gasteiger partial charge in [-0.15, -0.1) is 11.3 Å². The van der Waals surface area contributed by atoms with Gasteiger partial charge in [0.05, 0.1) is 0 Å². The first-order valence-electron chi connectivity index (χ1n) is 9.59. The highest BCUT2D eigenvalue weighted by Gasteiger charge is 2.12. The predicted molar refractivity (Wildman–Crippen MR) is 115 cm³/mol. The molecule has 1 heterocycles. The average Bonchev–Trinajstić information content (AvgIpc) is 3.17. The van der Waals surface area contributed by atoms with Gasteiger partial charge in [0, 0.05) is 16.9 Å². The molecule has 0 radical (unpaired) electrons. The lowest BCUT2D eigenvalue weighted by Gasteiger charge is -2.14. The highest BCUT2D eigenvalue weighted by molar-refractivity contribution is 7.13. The Morgan fingerprint density at radius 3 is 2.43 bits per heavy atom. The Balaban J connectivity index is 1.73. The summed E-state index contributed by atoms with van der Waals surface area (Å²) < 4.78 is 6.14. The van der Waals surface area contributed by atoms with Crippen LogP contribution in [0.2, 0.25) is 0 Å². The molecule has 4 heteroatoms. The Morgan fingerprint density at radius 2 is 1.75 bits per heavy atom. The number of benzene rings is 2. The zero-order valence-electron chi connectivity index (χ0n) is 16.6. The topological polar surface area (TPSA) is 46.5 Å². The van der Waals surface area contributed by atoms with Crippen LogP contribution in [0.1, 0.15) is 41.2 Å². The summed E-state index contributed by atoms with van der Waals surface area (Å²) in [6, 6.07) is 14.8. The quantitative estimate of drug-likeness (QED) is 0.495. The summed E-state index contributed by atoms with van der Waals surface area (Å²) >= 11 is 1.73. The molecule has 3 rings (SSSR count). The average molecular weight is 395 g/mol. The molecule has 0 aliphatic rings. The fraction of sp³-hybridized carbons (Fsp3) is 0.292. The van der Waals surface area contributed by atoms with Crippen LogP contribution in [0.5, 0.6) is 5.75 Å². The Bertz CT molecular complexity index is 954. The van der Waals surface area contributed by atoms with Gasteiger partial charge in [-0.05, 0) is 72.0 Å². The van der Waals surface area contributed by atoms with E-state index in [1.54, 1.807) is 11.3 Å². The fourth-order valence-corrected chi connectivity index (χ4v) is 4.19. The molecule has 0 saturated heterocycles. The SMILES string of the molecule is CCc1ccc(-c2sccc2COc2ccc(CCC(=O)O)c(C)c2C)cc1. The fourth-order valence-electron chi connectivity index (χ4n) is 3.27. The van der Waals surface area contributed by atoms with E-state index in [4.69, 9.17) is 9.84 Å². The standard InChI is InChI=1S/C24H26O3S/c1-4-18-5-7-20(8-6-18)24-21(13-14-28-24)15-27-22-11-9-19(10-12-23(25)26)16(2)17(22)3/h5-9,11,13-14H,4,10,12,15H2,1-3H3,(H,25,26). The highest BCUT2D eigenvalue weighted by atomic mass is 32.1. The van der Waals surface area contributed by atoms with Gasteiger partial charge in [-0.2, -0.15) is 0 Å². The second kappa shape index (κ2) is 9.07. The van der Waals surface area contributed by atoms with Crippen molar-refractivity contribution in [1.29, 1.82) is 0 Å². The second-order valence-electron chi connectivity index (χ2n) is 6.98. The van der Waals surface area contributed by atoms with Crippen LogP contribution in [0.25, 0.3) is 10.4 Å². The van der Waals surface area contributed by atoms with Crippen LogP contribution >= 0.6 is 11.3 Å². The Labute approximate surface area is 170 Å². The third kappa shape index (κ3) is 4.63. The number of rotatable bonds is 8. The lowest BCUT2D eigenvalue weighted by atomic mass is 9.99. The zero-order valence-corrected chi connectivity index (χ0v) is 17.4. The molecule has 0 unspecified atom stereocenters. The zero-order chi connectivity index (χ0) is 20.1. The van der Waals surface area contributed by atoms with Crippen molar-refractivity contribution in [2.45, 2.75) is 46.6 Å². The van der Waals surface area contributed by atoms with Crippen LogP contribution in [0.15, 0.2) is 47.8 Å². The number of thiophene rings is 1. The monoisotopic (exact) mass is 394 g/mol. The summed E-state index contributed by atoms with van der Waals surface area (Å²) in [5.74, 6) is 0.0874. The molecule has 1 N–H and O–H groups in total. The first-order valence-corrected chi connectivity index (χ1v) is 10.5. The van der Waals surface area contributed by atoms with Crippen molar-refractivity contribution in [3.8, 4) is 16.2 Å². The number of hydrogen-bond donors (Lipinski definition) is 1. The maximum absolute atomic E-state index is 10.8. The van der Waals surface area contributed by atoms with Crippen LogP contribution < -0.4 is 4.74 Å². The van der Waals surface area contributed by atoms with Crippen LogP contribution in [0.3, 0.4) is 0 Å². The van der Waals surface area contributed by atoms with Crippen molar-refractivity contribution in [2.75, 3.05) is 0 Å². The summed E-state index contributed by atoms with van der Waals surface area (Å²) in [5.41, 5.74) is 7.00. The molecule has 28 heavy (non-hydrogen) atoms. The van der Waals surface area contributed by atoms with Crippen molar-refractivity contribution in [1.82, 2.24) is 0 Å². The van der Waals surface area contributed by atoms with Gasteiger partial charge in [-0.25, -0.2) is 0 Å². The first kappa shape index (κ1) is 20.2. The van der Waals surface area contributed by atoms with E-state index in [0.717, 1.165) is 28.9 Å². The second-order valence-corrected chi connectivity index (χ2v) is 7.90. The third-order valence-electron chi connectivity index (χ3n) is 5.21. The number of hydrogen-bond acceptors (Lipinski definition) is 3. The Morgan fingerprint density at radius 1 is 1.00 bits per heavy atom. The van der Waals surface area contributed by atoms with Gasteiger partial charge in [-0.1, -0.05) is 37.3 Å². The van der Waals surface area contributed by atoms with Gasteiger partial charge in [0.15, 0.2) is 0 Å². The van der Waals surface area contributed by atoms with Crippen LogP contribution in [-0.2, 0) is 24.2 Å². The molecule has 3 aromatic rings. The number of aliphatic carboxylic acids is 1. The number of carbonyl (C=O) groups is 1. The van der Waals surface area contributed by atoms with Crippen LogP contribution in [-0.4, -0.2) is 11.1 Å². The minimum absolute atomic E-state index is 0.148. The minimum atomic E-state index is -0.769. The molecular weight excluding hydrogens is 368 g/mol. The number of ether oxygens (including phenoxy) is 1. The number of aryl methyl sites for hydroxylation is 2. The lowest BCUT2D eigenvalue weighted by Crippen LogP contribution is -2.02. The molecule has 2 aromatic carbocycles. The molecule has 0 amide bonds. The van der Waals surface area contributed by atoms with Gasteiger partial charge < -0.3 is 9.84 Å². The molecular formula is C24H26O3S. The lowest BCUT2D eigenvalue weighted by molar-refractivity contribution is -0.136. The van der Waals surface area contributed by atoms with E-state index in [9.17, 15) is 4.79 Å². The van der Waals surface area contributed by atoms with Crippen LogP contribution in [0, 0.1) is 13.8 Å². The minimum Gasteiger partial charge on any atom is -0.489 e. The van der Waals surface area contributed by atoms with E-state index in [0.29, 0.717) is 13.0 Å². The number of carboxylic acids is 1. The molecule has 0 fully saturated rings. The summed E-state index contributed by atoms with van der Waals surface area (Å²) in [6.07, 6.45) is 1.74. The predicted octanol–water partition coefficient (Wildman–Crippen LogP) is 6.19. The molecule has 0 aliphatic heterocycles. The Kier molecular flexibility index (Phi) is 6.53. The molecule has 1 aromatic heterocycles. The van der Waals surface area contributed by atoms with Crippen molar-refractivity contribution in [2.24, 2.45) is 0 Å². The van der Waals surface area contributed by atoms with E-state index >= 15 is 0 Å². The van der Waals surface area contributed by atoms with Gasteiger partial charge in [0.2, 0.25) is 0 Å². The van der Waals surface area contributed by atoms with E-state index in [1.165, 1.54) is 21.6 Å². The van der Waals surface area contributed by atoms with E-state index in [1.807, 2.05) is 26.0 Å². The maximum atomic E-state index is 10.8. The van der Waals surface area contributed by atoms with Crippen molar-refractivity contribution < 1.29 is 14.6 Å². The normalized spacial score (nSPS) is 10.8.